The third-order valence-corrected chi connectivity index (χ3v) is 8.88. The van der Waals surface area contributed by atoms with Crippen LogP contribution in [-0.4, -0.2) is 50.9 Å². The molecule has 0 spiro atoms. The van der Waals surface area contributed by atoms with E-state index in [-0.39, 0.29) is 30.8 Å². The number of benzene rings is 5. The van der Waals surface area contributed by atoms with Gasteiger partial charge in [-0.2, -0.15) is 0 Å². The van der Waals surface area contributed by atoms with E-state index in [9.17, 15) is 9.90 Å². The predicted molar refractivity (Wildman–Crippen MR) is 190 cm³/mol. The van der Waals surface area contributed by atoms with Gasteiger partial charge in [-0.25, -0.2) is 34.7 Å². The number of fused-ring (bicyclic) bond motifs is 20. The molecule has 3 aromatic heterocycles. The maximum Gasteiger partial charge on any atom is 0.339 e. The molecule has 5 aromatic carbocycles. The van der Waals surface area contributed by atoms with Gasteiger partial charge in [0.15, 0.2) is 23.3 Å². The third kappa shape index (κ3) is 4.87. The molecule has 0 radical (unpaired) electrons. The summed E-state index contributed by atoms with van der Waals surface area (Å²) in [5.41, 5.74) is 5.49. The number of nitrogens with zero attached hydrogens (tertiary/aromatic N) is 6. The van der Waals surface area contributed by atoms with E-state index in [2.05, 4.69) is 9.97 Å². The average molecular weight is 716 g/mol. The molecule has 0 aliphatic carbocycles. The molecule has 11 nitrogen and oxygen atoms in total. The normalized spacial score (nSPS) is 11.5. The van der Waals surface area contributed by atoms with Crippen LogP contribution in [0, 0.1) is 0 Å². The van der Waals surface area contributed by atoms with E-state index >= 15 is 0 Å². The molecule has 0 unspecified atom stereocenters. The number of carbonyl (C=O) groups is 1. The number of aromatic carboxylic acids is 1. The first-order chi connectivity index (χ1) is 24.6. The number of aromatic nitrogens is 8. The van der Waals surface area contributed by atoms with Gasteiger partial charge in [0.25, 0.3) is 0 Å². The maximum atomic E-state index is 12.1. The summed E-state index contributed by atoms with van der Waals surface area (Å²) in [5, 5.41) is 13.0. The summed E-state index contributed by atoms with van der Waals surface area (Å²) >= 11 is 0. The quantitative estimate of drug-likeness (QED) is 0.153. The number of H-pyrrole nitrogens is 2. The SMILES string of the molecule is O=C(O)c1ccccc1Oc1cccc2c3nc4nc(nc5[nH]c(nc6nc(nc([nH]3)c12)-c1ccccc1-6)c1ccccc51)-c1ccccc1-4.[Zn]. The Labute approximate surface area is 300 Å². The Bertz CT molecular complexity index is 2910. The van der Waals surface area contributed by atoms with Crippen LogP contribution >= 0.6 is 0 Å². The molecular formula is C39H22N8O3Zn. The van der Waals surface area contributed by atoms with Crippen molar-refractivity contribution in [3.05, 3.63) is 121 Å². The van der Waals surface area contributed by atoms with Gasteiger partial charge in [-0.3, -0.25) is 0 Å². The van der Waals surface area contributed by atoms with Gasteiger partial charge in [-0.15, -0.1) is 0 Å². The van der Waals surface area contributed by atoms with Gasteiger partial charge in [-0.1, -0.05) is 97.1 Å². The standard InChI is InChI=1S/C39H22N8O3.Zn/c48-39(49)26-16-7-8-18-28(26)50-29-19-9-17-27-30(29)38-46-36-25-15-6-5-14-24(25)34(44-36)42-32-21-11-2-1-10-20(21)31(40-32)41-33-22-12-3-4-13-23(22)35(43-33)45-37(27)47-38;/h1-19H,(H,48,49)(H2,40,41,42,43,44,45,46,47);. The number of carboxylic acid groups (broad SMARTS) is 1. The summed E-state index contributed by atoms with van der Waals surface area (Å²) in [6.45, 7) is 0. The first-order valence-corrected chi connectivity index (χ1v) is 15.8. The van der Waals surface area contributed by atoms with Crippen LogP contribution in [0.3, 0.4) is 0 Å². The van der Waals surface area contributed by atoms with E-state index in [1.165, 1.54) is 6.07 Å². The van der Waals surface area contributed by atoms with Gasteiger partial charge < -0.3 is 19.8 Å². The van der Waals surface area contributed by atoms with E-state index in [0.29, 0.717) is 62.4 Å². The minimum atomic E-state index is -1.10. The minimum absolute atomic E-state index is 0. The molecule has 5 heterocycles. The Morgan fingerprint density at radius 1 is 0.471 bits per heavy atom. The van der Waals surface area contributed by atoms with E-state index < -0.39 is 5.97 Å². The molecule has 0 saturated heterocycles. The molecule has 0 fully saturated rings. The van der Waals surface area contributed by atoms with Gasteiger partial charge in [0, 0.05) is 57.9 Å². The van der Waals surface area contributed by atoms with Crippen molar-refractivity contribution in [2.45, 2.75) is 0 Å². The minimum Gasteiger partial charge on any atom is -0.478 e. The fourth-order valence-electron chi connectivity index (χ4n) is 6.59. The second-order valence-corrected chi connectivity index (χ2v) is 11.8. The van der Waals surface area contributed by atoms with Crippen LogP contribution < -0.4 is 4.74 Å². The predicted octanol–water partition coefficient (Wildman–Crippen LogP) is 8.36. The third-order valence-electron chi connectivity index (χ3n) is 8.88. The number of nitrogens with one attached hydrogen (secondary N) is 2. The maximum absolute atomic E-state index is 12.1. The van der Waals surface area contributed by atoms with E-state index in [4.69, 9.17) is 34.6 Å². The van der Waals surface area contributed by atoms with Crippen molar-refractivity contribution in [2.75, 3.05) is 0 Å². The smallest absolute Gasteiger partial charge is 0.339 e. The molecule has 238 valence electrons. The monoisotopic (exact) mass is 714 g/mol. The first-order valence-electron chi connectivity index (χ1n) is 15.8. The van der Waals surface area contributed by atoms with Gasteiger partial charge in [0.2, 0.25) is 0 Å². The largest absolute Gasteiger partial charge is 0.478 e. The second-order valence-electron chi connectivity index (χ2n) is 11.8. The van der Waals surface area contributed by atoms with Crippen molar-refractivity contribution in [2.24, 2.45) is 0 Å². The molecule has 51 heavy (non-hydrogen) atoms. The van der Waals surface area contributed by atoms with Crippen LogP contribution in [0.15, 0.2) is 115 Å². The zero-order valence-corrected chi connectivity index (χ0v) is 29.6. The summed E-state index contributed by atoms with van der Waals surface area (Å²) in [4.78, 5) is 49.0. The molecular weight excluding hydrogens is 694 g/mol. The molecule has 3 N–H and O–H groups in total. The van der Waals surface area contributed by atoms with Gasteiger partial charge in [0.05, 0.1) is 5.39 Å². The van der Waals surface area contributed by atoms with Gasteiger partial charge in [0.1, 0.15) is 39.7 Å². The van der Waals surface area contributed by atoms with Crippen molar-refractivity contribution in [1.29, 1.82) is 0 Å². The summed E-state index contributed by atoms with van der Waals surface area (Å²) in [7, 11) is 0. The Balaban J connectivity index is 0.00000348. The topological polar surface area (TPSA) is 155 Å². The number of para-hydroxylation sites is 1. The fraction of sp³-hybridized carbons (Fsp3) is 0. The fourth-order valence-corrected chi connectivity index (χ4v) is 6.59. The van der Waals surface area contributed by atoms with Crippen LogP contribution in [0.25, 0.3) is 89.7 Å². The van der Waals surface area contributed by atoms with Crippen LogP contribution in [0.5, 0.6) is 11.5 Å². The van der Waals surface area contributed by atoms with Crippen molar-refractivity contribution in [3.63, 3.8) is 0 Å². The second kappa shape index (κ2) is 11.8. The zero-order valence-electron chi connectivity index (χ0n) is 26.6. The van der Waals surface area contributed by atoms with Crippen molar-refractivity contribution in [1.82, 2.24) is 39.9 Å². The average Bonchev–Trinajstić information content (AvgIpc) is 3.88. The van der Waals surface area contributed by atoms with E-state index in [1.807, 2.05) is 84.9 Å². The number of rotatable bonds is 3. The molecule has 2 aliphatic rings. The molecule has 0 amide bonds. The zero-order chi connectivity index (χ0) is 33.3. The molecule has 12 heteroatoms. The van der Waals surface area contributed by atoms with Crippen LogP contribution in [-0.2, 0) is 19.5 Å². The Hall–Kier alpha value is -6.65. The Kier molecular flexibility index (Phi) is 7.01. The van der Waals surface area contributed by atoms with E-state index in [0.717, 1.165) is 33.0 Å². The van der Waals surface area contributed by atoms with Gasteiger partial charge in [-0.05, 0) is 18.2 Å². The number of hydrogen-bond acceptors (Lipinski definition) is 8. The summed E-state index contributed by atoms with van der Waals surface area (Å²) in [6.07, 6.45) is 0. The molecule has 10 rings (SSSR count). The first kappa shape index (κ1) is 30.4. The molecule has 2 aliphatic heterocycles. The Morgan fingerprint density at radius 3 is 1.43 bits per heavy atom. The molecule has 0 saturated carbocycles. The Morgan fingerprint density at radius 2 is 0.882 bits per heavy atom. The van der Waals surface area contributed by atoms with Crippen molar-refractivity contribution < 1.29 is 34.1 Å². The summed E-state index contributed by atoms with van der Waals surface area (Å²) in [6, 6.07) is 35.6. The van der Waals surface area contributed by atoms with Crippen LogP contribution in [0.2, 0.25) is 0 Å². The number of ether oxygens (including phenoxy) is 1. The number of hydrogen-bond donors (Lipinski definition) is 3. The summed E-state index contributed by atoms with van der Waals surface area (Å²) < 4.78 is 6.34. The van der Waals surface area contributed by atoms with Crippen LogP contribution in [0.4, 0.5) is 0 Å². The molecule has 0 atom stereocenters. The van der Waals surface area contributed by atoms with Gasteiger partial charge >= 0.3 is 5.97 Å². The number of carboxylic acids is 1. The van der Waals surface area contributed by atoms with Crippen molar-refractivity contribution >= 4 is 50.1 Å². The van der Waals surface area contributed by atoms with E-state index in [1.54, 1.807) is 24.3 Å². The number of aromatic amines is 2. The van der Waals surface area contributed by atoms with Crippen molar-refractivity contribution in [3.8, 4) is 57.1 Å². The summed E-state index contributed by atoms with van der Waals surface area (Å²) in [5.74, 6) is 1.43. The molecule has 8 bridgehead atoms. The van der Waals surface area contributed by atoms with Crippen LogP contribution in [0.1, 0.15) is 10.4 Å². The molecule has 8 aromatic rings.